The lowest BCUT2D eigenvalue weighted by atomic mass is 10.1. The molecule has 96 valence electrons. The van der Waals surface area contributed by atoms with Crippen LogP contribution in [-0.2, 0) is 0 Å². The van der Waals surface area contributed by atoms with Gasteiger partial charge in [-0.2, -0.15) is 0 Å². The fourth-order valence-corrected chi connectivity index (χ4v) is 2.64. The molecule has 2 rings (SSSR count). The summed E-state index contributed by atoms with van der Waals surface area (Å²) in [5, 5.41) is 12.3. The third-order valence-electron chi connectivity index (χ3n) is 2.61. The van der Waals surface area contributed by atoms with E-state index < -0.39 is 6.10 Å². The van der Waals surface area contributed by atoms with E-state index in [1.807, 2.05) is 42.6 Å². The number of hydrogen-bond acceptors (Lipinski definition) is 4. The molecular weight excluding hydrogens is 248 g/mol. The van der Waals surface area contributed by atoms with Crippen LogP contribution in [0, 0.1) is 0 Å². The van der Waals surface area contributed by atoms with Crippen molar-refractivity contribution in [3.63, 3.8) is 0 Å². The first kappa shape index (κ1) is 12.9. The zero-order valence-corrected chi connectivity index (χ0v) is 11.2. The van der Waals surface area contributed by atoms with Crippen molar-refractivity contribution in [3.8, 4) is 11.5 Å². The Kier molecular flexibility index (Phi) is 4.23. The summed E-state index contributed by atoms with van der Waals surface area (Å²) < 4.78 is 10.7. The quantitative estimate of drug-likeness (QED) is 0.901. The van der Waals surface area contributed by atoms with E-state index in [0.717, 1.165) is 16.2 Å². The maximum atomic E-state index is 10.4. The number of thiophene rings is 1. The van der Waals surface area contributed by atoms with Crippen LogP contribution in [0.2, 0.25) is 0 Å². The van der Waals surface area contributed by atoms with Crippen LogP contribution < -0.4 is 9.47 Å². The van der Waals surface area contributed by atoms with Crippen molar-refractivity contribution in [1.29, 1.82) is 0 Å². The summed E-state index contributed by atoms with van der Waals surface area (Å²) in [7, 11) is 1.61. The molecule has 0 amide bonds. The van der Waals surface area contributed by atoms with Gasteiger partial charge in [-0.3, -0.25) is 0 Å². The predicted molar refractivity (Wildman–Crippen MR) is 72.5 cm³/mol. The summed E-state index contributed by atoms with van der Waals surface area (Å²) in [6, 6.07) is 9.35. The van der Waals surface area contributed by atoms with Gasteiger partial charge in [0.2, 0.25) is 0 Å². The second-order valence-electron chi connectivity index (χ2n) is 3.76. The molecule has 0 fully saturated rings. The van der Waals surface area contributed by atoms with Crippen molar-refractivity contribution in [3.05, 3.63) is 46.2 Å². The Hall–Kier alpha value is -1.52. The smallest absolute Gasteiger partial charge is 0.135 e. The summed E-state index contributed by atoms with van der Waals surface area (Å²) in [6.07, 6.45) is -0.680. The monoisotopic (exact) mass is 264 g/mol. The van der Waals surface area contributed by atoms with Crippen LogP contribution in [-0.4, -0.2) is 18.8 Å². The minimum atomic E-state index is -0.680. The molecule has 4 heteroatoms. The van der Waals surface area contributed by atoms with Crippen molar-refractivity contribution in [2.24, 2.45) is 0 Å². The van der Waals surface area contributed by atoms with Gasteiger partial charge in [0.05, 0.1) is 18.6 Å². The number of aliphatic hydroxyl groups excluding tert-OH is 1. The topological polar surface area (TPSA) is 38.7 Å². The largest absolute Gasteiger partial charge is 0.495 e. The van der Waals surface area contributed by atoms with Crippen LogP contribution in [0.3, 0.4) is 0 Å². The zero-order valence-electron chi connectivity index (χ0n) is 10.4. The SMILES string of the molecule is CCOc1cccc(C(O)c2sccc2OC)c1. The normalized spacial score (nSPS) is 12.2. The number of benzene rings is 1. The van der Waals surface area contributed by atoms with Crippen molar-refractivity contribution in [1.82, 2.24) is 0 Å². The van der Waals surface area contributed by atoms with Gasteiger partial charge in [-0.05, 0) is 36.1 Å². The van der Waals surface area contributed by atoms with Gasteiger partial charge in [0.15, 0.2) is 0 Å². The molecule has 1 heterocycles. The van der Waals surface area contributed by atoms with E-state index in [9.17, 15) is 5.11 Å². The minimum Gasteiger partial charge on any atom is -0.495 e. The molecule has 0 aliphatic heterocycles. The Balaban J connectivity index is 2.28. The summed E-state index contributed by atoms with van der Waals surface area (Å²) in [5.74, 6) is 1.49. The lowest BCUT2D eigenvalue weighted by Gasteiger charge is -2.12. The molecule has 1 aromatic carbocycles. The fourth-order valence-electron chi connectivity index (χ4n) is 1.77. The third-order valence-corrected chi connectivity index (χ3v) is 3.56. The molecule has 18 heavy (non-hydrogen) atoms. The van der Waals surface area contributed by atoms with E-state index in [1.54, 1.807) is 7.11 Å². The Morgan fingerprint density at radius 1 is 1.33 bits per heavy atom. The van der Waals surface area contributed by atoms with E-state index in [4.69, 9.17) is 9.47 Å². The molecule has 0 aliphatic carbocycles. The number of hydrogen-bond donors (Lipinski definition) is 1. The van der Waals surface area contributed by atoms with Gasteiger partial charge < -0.3 is 14.6 Å². The van der Waals surface area contributed by atoms with Gasteiger partial charge in [0, 0.05) is 0 Å². The van der Waals surface area contributed by atoms with E-state index in [2.05, 4.69) is 0 Å². The van der Waals surface area contributed by atoms with Gasteiger partial charge in [-0.1, -0.05) is 12.1 Å². The number of ether oxygens (including phenoxy) is 2. The summed E-state index contributed by atoms with van der Waals surface area (Å²) in [5.41, 5.74) is 0.807. The first-order chi connectivity index (χ1) is 8.76. The van der Waals surface area contributed by atoms with Crippen molar-refractivity contribution >= 4 is 11.3 Å². The van der Waals surface area contributed by atoms with E-state index >= 15 is 0 Å². The molecular formula is C14H16O3S. The Bertz CT molecular complexity index is 507. The summed E-state index contributed by atoms with van der Waals surface area (Å²) in [4.78, 5) is 0.811. The van der Waals surface area contributed by atoms with E-state index in [1.165, 1.54) is 11.3 Å². The molecule has 1 N–H and O–H groups in total. The van der Waals surface area contributed by atoms with E-state index in [-0.39, 0.29) is 0 Å². The molecule has 0 saturated heterocycles. The highest BCUT2D eigenvalue weighted by molar-refractivity contribution is 7.10. The number of methoxy groups -OCH3 is 1. The molecule has 0 saturated carbocycles. The average molecular weight is 264 g/mol. The van der Waals surface area contributed by atoms with Gasteiger partial charge in [-0.15, -0.1) is 11.3 Å². The molecule has 2 aromatic rings. The highest BCUT2D eigenvalue weighted by Crippen LogP contribution is 2.35. The van der Waals surface area contributed by atoms with Crippen molar-refractivity contribution in [2.45, 2.75) is 13.0 Å². The van der Waals surface area contributed by atoms with Crippen LogP contribution in [0.5, 0.6) is 11.5 Å². The standard InChI is InChI=1S/C14H16O3S/c1-3-17-11-6-4-5-10(9-11)13(15)14-12(16-2)7-8-18-14/h4-9,13,15H,3H2,1-2H3. The minimum absolute atomic E-state index is 0.613. The highest BCUT2D eigenvalue weighted by Gasteiger charge is 2.17. The molecule has 0 aliphatic rings. The van der Waals surface area contributed by atoms with Crippen LogP contribution in [0.25, 0.3) is 0 Å². The first-order valence-electron chi connectivity index (χ1n) is 5.78. The molecule has 1 atom stereocenters. The zero-order chi connectivity index (χ0) is 13.0. The van der Waals surface area contributed by atoms with Crippen LogP contribution >= 0.6 is 11.3 Å². The number of aliphatic hydroxyl groups is 1. The lowest BCUT2D eigenvalue weighted by molar-refractivity contribution is 0.218. The molecule has 1 unspecified atom stereocenters. The summed E-state index contributed by atoms with van der Waals surface area (Å²) in [6.45, 7) is 2.55. The van der Waals surface area contributed by atoms with Crippen LogP contribution in [0.1, 0.15) is 23.5 Å². The molecule has 3 nitrogen and oxygen atoms in total. The average Bonchev–Trinajstić information content (AvgIpc) is 2.87. The van der Waals surface area contributed by atoms with Gasteiger partial charge >= 0.3 is 0 Å². The van der Waals surface area contributed by atoms with Crippen molar-refractivity contribution < 1.29 is 14.6 Å². The second-order valence-corrected chi connectivity index (χ2v) is 4.71. The number of rotatable bonds is 5. The molecule has 0 radical (unpaired) electrons. The van der Waals surface area contributed by atoms with Gasteiger partial charge in [0.25, 0.3) is 0 Å². The fraction of sp³-hybridized carbons (Fsp3) is 0.286. The Labute approximate surface area is 111 Å². The Morgan fingerprint density at radius 2 is 2.17 bits per heavy atom. The highest BCUT2D eigenvalue weighted by atomic mass is 32.1. The first-order valence-corrected chi connectivity index (χ1v) is 6.66. The second kappa shape index (κ2) is 5.89. The predicted octanol–water partition coefficient (Wildman–Crippen LogP) is 3.24. The summed E-state index contributed by atoms with van der Waals surface area (Å²) >= 11 is 1.48. The molecule has 0 spiro atoms. The van der Waals surface area contributed by atoms with Crippen LogP contribution in [0.4, 0.5) is 0 Å². The lowest BCUT2D eigenvalue weighted by Crippen LogP contribution is -2.00. The van der Waals surface area contributed by atoms with E-state index in [0.29, 0.717) is 12.4 Å². The third kappa shape index (κ3) is 2.66. The van der Waals surface area contributed by atoms with Crippen molar-refractivity contribution in [2.75, 3.05) is 13.7 Å². The van der Waals surface area contributed by atoms with Gasteiger partial charge in [-0.25, -0.2) is 0 Å². The maximum Gasteiger partial charge on any atom is 0.135 e. The molecule has 1 aromatic heterocycles. The Morgan fingerprint density at radius 3 is 2.89 bits per heavy atom. The van der Waals surface area contributed by atoms with Crippen LogP contribution in [0.15, 0.2) is 35.7 Å². The maximum absolute atomic E-state index is 10.4. The molecule has 0 bridgehead atoms. The van der Waals surface area contributed by atoms with Gasteiger partial charge in [0.1, 0.15) is 17.6 Å².